The minimum Gasteiger partial charge on any atom is -0.293 e. The van der Waals surface area contributed by atoms with E-state index in [4.69, 9.17) is 0 Å². The maximum atomic E-state index is 12.5. The molecule has 23 heavy (non-hydrogen) atoms. The SMILES string of the molecule is CC(C)NS(=O)(=O)N1CCN2CC(C)(C)c3ccccc3C2C1. The molecule has 6 heteroatoms. The summed E-state index contributed by atoms with van der Waals surface area (Å²) in [6, 6.07) is 8.53. The number of benzene rings is 1. The van der Waals surface area contributed by atoms with Crippen LogP contribution in [0.5, 0.6) is 0 Å². The average molecular weight is 337 g/mol. The van der Waals surface area contributed by atoms with Crippen LogP contribution in [0.15, 0.2) is 24.3 Å². The van der Waals surface area contributed by atoms with E-state index in [1.807, 2.05) is 13.8 Å². The predicted octanol–water partition coefficient (Wildman–Crippen LogP) is 1.88. The lowest BCUT2D eigenvalue weighted by Gasteiger charge is -2.49. The third-order valence-electron chi connectivity index (χ3n) is 4.83. The quantitative estimate of drug-likeness (QED) is 0.916. The van der Waals surface area contributed by atoms with Gasteiger partial charge in [0, 0.05) is 43.7 Å². The lowest BCUT2D eigenvalue weighted by atomic mass is 9.75. The van der Waals surface area contributed by atoms with E-state index in [2.05, 4.69) is 47.7 Å². The van der Waals surface area contributed by atoms with E-state index < -0.39 is 10.2 Å². The molecule has 1 aromatic rings. The van der Waals surface area contributed by atoms with Crippen LogP contribution in [0.4, 0.5) is 0 Å². The maximum Gasteiger partial charge on any atom is 0.279 e. The topological polar surface area (TPSA) is 52.7 Å². The zero-order valence-corrected chi connectivity index (χ0v) is 15.2. The molecule has 2 aliphatic rings. The van der Waals surface area contributed by atoms with Crippen LogP contribution in [-0.2, 0) is 15.6 Å². The van der Waals surface area contributed by atoms with Crippen molar-refractivity contribution >= 4 is 10.2 Å². The summed E-state index contributed by atoms with van der Waals surface area (Å²) in [6.45, 7) is 11.1. The second-order valence-electron chi connectivity index (χ2n) is 7.59. The van der Waals surface area contributed by atoms with Gasteiger partial charge in [-0.05, 0) is 25.0 Å². The van der Waals surface area contributed by atoms with Crippen LogP contribution in [0, 0.1) is 0 Å². The van der Waals surface area contributed by atoms with Gasteiger partial charge in [0.05, 0.1) is 0 Å². The van der Waals surface area contributed by atoms with Crippen LogP contribution in [0.3, 0.4) is 0 Å². The first-order valence-electron chi connectivity index (χ1n) is 8.31. The van der Waals surface area contributed by atoms with Gasteiger partial charge in [-0.3, -0.25) is 4.90 Å². The van der Waals surface area contributed by atoms with E-state index in [9.17, 15) is 8.42 Å². The third-order valence-corrected chi connectivity index (χ3v) is 6.61. The molecule has 0 bridgehead atoms. The van der Waals surface area contributed by atoms with E-state index in [0.717, 1.165) is 13.1 Å². The van der Waals surface area contributed by atoms with Gasteiger partial charge in [-0.1, -0.05) is 38.1 Å². The van der Waals surface area contributed by atoms with Crippen molar-refractivity contribution in [3.63, 3.8) is 0 Å². The molecule has 0 radical (unpaired) electrons. The molecule has 0 amide bonds. The molecule has 1 N–H and O–H groups in total. The van der Waals surface area contributed by atoms with Crippen LogP contribution in [0.25, 0.3) is 0 Å². The minimum absolute atomic E-state index is 0.0874. The fraction of sp³-hybridized carbons (Fsp3) is 0.647. The van der Waals surface area contributed by atoms with Gasteiger partial charge >= 0.3 is 0 Å². The van der Waals surface area contributed by atoms with Crippen molar-refractivity contribution in [2.45, 2.75) is 45.2 Å². The lowest BCUT2D eigenvalue weighted by molar-refractivity contribution is 0.0801. The Hall–Kier alpha value is -0.950. The smallest absolute Gasteiger partial charge is 0.279 e. The van der Waals surface area contributed by atoms with Gasteiger partial charge in [-0.25, -0.2) is 0 Å². The number of nitrogens with one attached hydrogen (secondary N) is 1. The Balaban J connectivity index is 1.91. The van der Waals surface area contributed by atoms with Gasteiger partial charge in [0.25, 0.3) is 10.2 Å². The molecule has 128 valence electrons. The Labute approximate surface area is 139 Å². The summed E-state index contributed by atoms with van der Waals surface area (Å²) in [7, 11) is -3.41. The highest BCUT2D eigenvalue weighted by molar-refractivity contribution is 7.87. The molecule has 1 saturated heterocycles. The van der Waals surface area contributed by atoms with Gasteiger partial charge in [-0.2, -0.15) is 17.4 Å². The second-order valence-corrected chi connectivity index (χ2v) is 9.30. The molecular formula is C17H27N3O2S. The number of nitrogens with zero attached hydrogens (tertiary/aromatic N) is 2. The Bertz CT molecular complexity index is 685. The van der Waals surface area contributed by atoms with Crippen LogP contribution in [-0.4, -0.2) is 49.8 Å². The zero-order chi connectivity index (χ0) is 16.8. The summed E-state index contributed by atoms with van der Waals surface area (Å²) in [4.78, 5) is 2.43. The van der Waals surface area contributed by atoms with E-state index in [-0.39, 0.29) is 17.5 Å². The van der Waals surface area contributed by atoms with Crippen molar-refractivity contribution in [3.05, 3.63) is 35.4 Å². The molecule has 1 fully saturated rings. The summed E-state index contributed by atoms with van der Waals surface area (Å²) in [5.74, 6) is 0. The molecule has 0 saturated carbocycles. The minimum atomic E-state index is -3.41. The van der Waals surface area contributed by atoms with Crippen molar-refractivity contribution in [3.8, 4) is 0 Å². The van der Waals surface area contributed by atoms with E-state index >= 15 is 0 Å². The largest absolute Gasteiger partial charge is 0.293 e. The van der Waals surface area contributed by atoms with Crippen molar-refractivity contribution in [1.29, 1.82) is 0 Å². The number of piperazine rings is 1. The van der Waals surface area contributed by atoms with Crippen LogP contribution in [0.1, 0.15) is 44.9 Å². The highest BCUT2D eigenvalue weighted by atomic mass is 32.2. The molecule has 2 aliphatic heterocycles. The molecule has 2 heterocycles. The fourth-order valence-electron chi connectivity index (χ4n) is 3.87. The Kier molecular flexibility index (Phi) is 4.29. The van der Waals surface area contributed by atoms with Crippen molar-refractivity contribution in [1.82, 2.24) is 13.9 Å². The first-order valence-corrected chi connectivity index (χ1v) is 9.75. The van der Waals surface area contributed by atoms with E-state index in [1.165, 1.54) is 11.1 Å². The average Bonchev–Trinajstić information content (AvgIpc) is 2.45. The molecule has 1 aromatic carbocycles. The molecule has 1 unspecified atom stereocenters. The lowest BCUT2D eigenvalue weighted by Crippen LogP contribution is -2.57. The first-order chi connectivity index (χ1) is 10.7. The predicted molar refractivity (Wildman–Crippen MR) is 92.5 cm³/mol. The molecule has 0 aliphatic carbocycles. The standard InChI is InChI=1S/C17H27N3O2S/c1-13(2)18-23(21,22)20-10-9-19-12-17(3,4)15-8-6-5-7-14(15)16(19)11-20/h5-8,13,16,18H,9-12H2,1-4H3. The summed E-state index contributed by atoms with van der Waals surface area (Å²) < 4.78 is 29.3. The van der Waals surface area contributed by atoms with Gasteiger partial charge < -0.3 is 0 Å². The van der Waals surface area contributed by atoms with Gasteiger partial charge in [0.1, 0.15) is 0 Å². The van der Waals surface area contributed by atoms with E-state index in [1.54, 1.807) is 4.31 Å². The molecule has 3 rings (SSSR count). The fourth-order valence-corrected chi connectivity index (χ4v) is 5.27. The summed E-state index contributed by atoms with van der Waals surface area (Å²) in [5, 5.41) is 0. The number of hydrogen-bond donors (Lipinski definition) is 1. The number of hydrogen-bond acceptors (Lipinski definition) is 3. The Morgan fingerprint density at radius 1 is 1.22 bits per heavy atom. The molecular weight excluding hydrogens is 310 g/mol. The highest BCUT2D eigenvalue weighted by Crippen LogP contribution is 2.41. The third kappa shape index (κ3) is 3.18. The molecule has 0 spiro atoms. The van der Waals surface area contributed by atoms with Crippen molar-refractivity contribution in [2.24, 2.45) is 0 Å². The second kappa shape index (κ2) is 5.84. The van der Waals surface area contributed by atoms with Crippen LogP contribution >= 0.6 is 0 Å². The van der Waals surface area contributed by atoms with Crippen LogP contribution in [0.2, 0.25) is 0 Å². The summed E-state index contributed by atoms with van der Waals surface area (Å²) in [6.07, 6.45) is 0. The summed E-state index contributed by atoms with van der Waals surface area (Å²) in [5.41, 5.74) is 2.72. The monoisotopic (exact) mass is 337 g/mol. The van der Waals surface area contributed by atoms with Crippen molar-refractivity contribution in [2.75, 3.05) is 26.2 Å². The zero-order valence-electron chi connectivity index (χ0n) is 14.4. The number of rotatable bonds is 3. The van der Waals surface area contributed by atoms with Crippen LogP contribution < -0.4 is 4.72 Å². The Morgan fingerprint density at radius 2 is 1.91 bits per heavy atom. The Morgan fingerprint density at radius 3 is 2.61 bits per heavy atom. The van der Waals surface area contributed by atoms with Crippen molar-refractivity contribution < 1.29 is 8.42 Å². The van der Waals surface area contributed by atoms with E-state index in [0.29, 0.717) is 13.1 Å². The normalized spacial score (nSPS) is 25.2. The van der Waals surface area contributed by atoms with Gasteiger partial charge in [-0.15, -0.1) is 0 Å². The molecule has 0 aromatic heterocycles. The molecule has 1 atom stereocenters. The number of fused-ring (bicyclic) bond motifs is 3. The van der Waals surface area contributed by atoms with Gasteiger partial charge in [0.15, 0.2) is 0 Å². The first kappa shape index (κ1) is 16.9. The maximum absolute atomic E-state index is 12.5. The molecule has 5 nitrogen and oxygen atoms in total. The van der Waals surface area contributed by atoms with Gasteiger partial charge in [0.2, 0.25) is 0 Å². The highest BCUT2D eigenvalue weighted by Gasteiger charge is 2.42. The summed E-state index contributed by atoms with van der Waals surface area (Å²) >= 11 is 0.